The summed E-state index contributed by atoms with van der Waals surface area (Å²) in [5, 5.41) is 8.88. The summed E-state index contributed by atoms with van der Waals surface area (Å²) in [5.74, 6) is -1.49. The zero-order valence-electron chi connectivity index (χ0n) is 11.5. The molecule has 2 aromatic carbocycles. The number of benzene rings is 2. The van der Waals surface area contributed by atoms with Gasteiger partial charge in [-0.05, 0) is 23.8 Å². The smallest absolute Gasteiger partial charge is 0.338 e. The number of carbonyl (C=O) groups is 1. The second-order valence-electron chi connectivity index (χ2n) is 4.45. The Morgan fingerprint density at radius 1 is 1.19 bits per heavy atom. The lowest BCUT2D eigenvalue weighted by Crippen LogP contribution is -2.06. The predicted molar refractivity (Wildman–Crippen MR) is 74.8 cm³/mol. The second kappa shape index (κ2) is 6.85. The number of ether oxygens (including phenoxy) is 2. The minimum atomic E-state index is -1.29. The van der Waals surface area contributed by atoms with E-state index in [0.717, 1.165) is 5.56 Å². The highest BCUT2D eigenvalue weighted by molar-refractivity contribution is 5.88. The Kier molecular flexibility index (Phi) is 4.90. The number of halogens is 1. The van der Waals surface area contributed by atoms with Gasteiger partial charge in [0, 0.05) is 12.7 Å². The molecule has 0 amide bonds. The van der Waals surface area contributed by atoms with Crippen molar-refractivity contribution in [1.82, 2.24) is 0 Å². The average Bonchev–Trinajstić information content (AvgIpc) is 2.46. The van der Waals surface area contributed by atoms with Gasteiger partial charge < -0.3 is 14.6 Å². The summed E-state index contributed by atoms with van der Waals surface area (Å²) in [5.41, 5.74) is 0.783. The van der Waals surface area contributed by atoms with Gasteiger partial charge in [-0.3, -0.25) is 0 Å². The zero-order valence-corrected chi connectivity index (χ0v) is 11.5. The van der Waals surface area contributed by atoms with Crippen LogP contribution in [0.3, 0.4) is 0 Å². The van der Waals surface area contributed by atoms with Crippen molar-refractivity contribution in [3.63, 3.8) is 0 Å². The van der Waals surface area contributed by atoms with Gasteiger partial charge in [-0.2, -0.15) is 0 Å². The van der Waals surface area contributed by atoms with Crippen molar-refractivity contribution in [3.05, 3.63) is 65.0 Å². The topological polar surface area (TPSA) is 55.8 Å². The van der Waals surface area contributed by atoms with Crippen molar-refractivity contribution in [1.29, 1.82) is 0 Å². The molecule has 0 atom stereocenters. The molecule has 0 aliphatic heterocycles. The molecule has 0 aliphatic rings. The van der Waals surface area contributed by atoms with E-state index in [1.54, 1.807) is 19.2 Å². The van der Waals surface area contributed by atoms with Crippen LogP contribution >= 0.6 is 0 Å². The van der Waals surface area contributed by atoms with Crippen molar-refractivity contribution in [2.45, 2.75) is 13.2 Å². The van der Waals surface area contributed by atoms with E-state index in [1.165, 1.54) is 18.2 Å². The highest BCUT2D eigenvalue weighted by Gasteiger charge is 2.13. The minimum absolute atomic E-state index is 0.0383. The number of carboxylic acid groups (broad SMARTS) is 1. The number of rotatable bonds is 6. The van der Waals surface area contributed by atoms with Crippen LogP contribution in [-0.2, 0) is 18.0 Å². The third kappa shape index (κ3) is 3.79. The van der Waals surface area contributed by atoms with Gasteiger partial charge in [0.15, 0.2) is 0 Å². The summed E-state index contributed by atoms with van der Waals surface area (Å²) in [6.45, 7) is 0.420. The van der Waals surface area contributed by atoms with Gasteiger partial charge in [-0.15, -0.1) is 0 Å². The largest absolute Gasteiger partial charge is 0.489 e. The molecule has 0 heterocycles. The van der Waals surface area contributed by atoms with Crippen LogP contribution in [0.4, 0.5) is 4.39 Å². The Morgan fingerprint density at radius 2 is 1.95 bits per heavy atom. The summed E-state index contributed by atoms with van der Waals surface area (Å²) in [7, 11) is 1.60. The predicted octanol–water partition coefficient (Wildman–Crippen LogP) is 3.25. The van der Waals surface area contributed by atoms with E-state index in [4.69, 9.17) is 14.6 Å². The number of hydrogen-bond acceptors (Lipinski definition) is 3. The molecule has 0 saturated carbocycles. The summed E-state index contributed by atoms with van der Waals surface area (Å²) < 4.78 is 24.5. The first-order valence-corrected chi connectivity index (χ1v) is 6.33. The molecular formula is C16H15FO4. The van der Waals surface area contributed by atoms with Gasteiger partial charge >= 0.3 is 5.97 Å². The average molecular weight is 290 g/mol. The Bertz CT molecular complexity index is 640. The molecule has 0 aliphatic carbocycles. The summed E-state index contributed by atoms with van der Waals surface area (Å²) in [4.78, 5) is 10.9. The van der Waals surface area contributed by atoms with Crippen LogP contribution in [-0.4, -0.2) is 18.2 Å². The molecule has 0 radical (unpaired) electrons. The van der Waals surface area contributed by atoms with E-state index in [1.807, 2.05) is 12.1 Å². The molecule has 4 nitrogen and oxygen atoms in total. The zero-order chi connectivity index (χ0) is 15.2. The molecule has 0 unspecified atom stereocenters. The fourth-order valence-corrected chi connectivity index (χ4v) is 1.91. The Morgan fingerprint density at radius 3 is 2.67 bits per heavy atom. The van der Waals surface area contributed by atoms with Crippen molar-refractivity contribution in [2.75, 3.05) is 7.11 Å². The van der Waals surface area contributed by atoms with Crippen molar-refractivity contribution in [2.24, 2.45) is 0 Å². The van der Waals surface area contributed by atoms with E-state index in [0.29, 0.717) is 12.4 Å². The molecule has 5 heteroatoms. The maximum atomic E-state index is 13.9. The Labute approximate surface area is 121 Å². The molecule has 110 valence electrons. The van der Waals surface area contributed by atoms with Crippen LogP contribution in [0.5, 0.6) is 5.75 Å². The quantitative estimate of drug-likeness (QED) is 0.887. The van der Waals surface area contributed by atoms with Crippen molar-refractivity contribution < 1.29 is 23.8 Å². The molecule has 0 aromatic heterocycles. The SMILES string of the molecule is COCc1cccc(OCc2cccc(C(=O)O)c2F)c1. The fourth-order valence-electron chi connectivity index (χ4n) is 1.91. The van der Waals surface area contributed by atoms with E-state index in [-0.39, 0.29) is 17.7 Å². The van der Waals surface area contributed by atoms with Crippen LogP contribution in [0.15, 0.2) is 42.5 Å². The number of hydrogen-bond donors (Lipinski definition) is 1. The van der Waals surface area contributed by atoms with Crippen LogP contribution in [0, 0.1) is 5.82 Å². The van der Waals surface area contributed by atoms with Crippen LogP contribution in [0.1, 0.15) is 21.5 Å². The molecule has 21 heavy (non-hydrogen) atoms. The standard InChI is InChI=1S/C16H15FO4/c1-20-9-11-4-2-6-13(8-11)21-10-12-5-3-7-14(15(12)17)16(18)19/h2-8H,9-10H2,1H3,(H,18,19). The van der Waals surface area contributed by atoms with Gasteiger partial charge in [0.25, 0.3) is 0 Å². The number of methoxy groups -OCH3 is 1. The summed E-state index contributed by atoms with van der Waals surface area (Å²) >= 11 is 0. The van der Waals surface area contributed by atoms with Gasteiger partial charge in [0.1, 0.15) is 18.2 Å². The van der Waals surface area contributed by atoms with E-state index in [9.17, 15) is 9.18 Å². The monoisotopic (exact) mass is 290 g/mol. The van der Waals surface area contributed by atoms with E-state index < -0.39 is 11.8 Å². The molecule has 1 N–H and O–H groups in total. The minimum Gasteiger partial charge on any atom is -0.489 e. The lowest BCUT2D eigenvalue weighted by Gasteiger charge is -2.09. The molecule has 0 fully saturated rings. The van der Waals surface area contributed by atoms with Gasteiger partial charge in [0.05, 0.1) is 12.2 Å². The normalized spacial score (nSPS) is 10.4. The first-order valence-electron chi connectivity index (χ1n) is 6.33. The highest BCUT2D eigenvalue weighted by atomic mass is 19.1. The van der Waals surface area contributed by atoms with Crippen LogP contribution in [0.2, 0.25) is 0 Å². The Balaban J connectivity index is 2.11. The van der Waals surface area contributed by atoms with Crippen molar-refractivity contribution in [3.8, 4) is 5.75 Å². The molecule has 0 spiro atoms. The summed E-state index contributed by atoms with van der Waals surface area (Å²) in [6, 6.07) is 11.5. The molecular weight excluding hydrogens is 275 g/mol. The second-order valence-corrected chi connectivity index (χ2v) is 4.45. The molecule has 0 bridgehead atoms. The fraction of sp³-hybridized carbons (Fsp3) is 0.188. The van der Waals surface area contributed by atoms with Gasteiger partial charge in [-0.1, -0.05) is 24.3 Å². The third-order valence-electron chi connectivity index (χ3n) is 2.91. The van der Waals surface area contributed by atoms with Crippen LogP contribution < -0.4 is 4.74 Å². The summed E-state index contributed by atoms with van der Waals surface area (Å²) in [6.07, 6.45) is 0. The van der Waals surface area contributed by atoms with E-state index >= 15 is 0 Å². The first kappa shape index (κ1) is 15.0. The third-order valence-corrected chi connectivity index (χ3v) is 2.91. The van der Waals surface area contributed by atoms with Gasteiger partial charge in [0.2, 0.25) is 0 Å². The maximum Gasteiger partial charge on any atom is 0.338 e. The van der Waals surface area contributed by atoms with Crippen LogP contribution in [0.25, 0.3) is 0 Å². The first-order chi connectivity index (χ1) is 10.1. The van der Waals surface area contributed by atoms with Crippen molar-refractivity contribution >= 4 is 5.97 Å². The maximum absolute atomic E-state index is 13.9. The lowest BCUT2D eigenvalue weighted by atomic mass is 10.1. The van der Waals surface area contributed by atoms with E-state index in [2.05, 4.69) is 0 Å². The molecule has 2 rings (SSSR count). The van der Waals surface area contributed by atoms with Gasteiger partial charge in [-0.25, -0.2) is 9.18 Å². The number of carboxylic acids is 1. The Hall–Kier alpha value is -2.40. The molecule has 2 aromatic rings. The number of aromatic carboxylic acids is 1. The highest BCUT2D eigenvalue weighted by Crippen LogP contribution is 2.18. The molecule has 0 saturated heterocycles. The lowest BCUT2D eigenvalue weighted by molar-refractivity contribution is 0.0691.